The number of carbonyl (C=O) groups is 1. The molecular weight excluding hydrogens is 381 g/mol. The van der Waals surface area contributed by atoms with Crippen molar-refractivity contribution in [1.82, 2.24) is 19.9 Å². The largest absolute Gasteiger partial charge is 0.472 e. The van der Waals surface area contributed by atoms with Crippen molar-refractivity contribution in [2.45, 2.75) is 39.0 Å². The zero-order valence-electron chi connectivity index (χ0n) is 15.6. The highest BCUT2D eigenvalue weighted by Crippen LogP contribution is 2.30. The zero-order chi connectivity index (χ0) is 19.7. The summed E-state index contributed by atoms with van der Waals surface area (Å²) in [7, 11) is 0. The second-order valence-corrected chi connectivity index (χ2v) is 7.94. The summed E-state index contributed by atoms with van der Waals surface area (Å²) >= 11 is 1.16. The van der Waals surface area contributed by atoms with Crippen molar-refractivity contribution < 1.29 is 13.9 Å². The van der Waals surface area contributed by atoms with E-state index in [1.165, 1.54) is 6.92 Å². The van der Waals surface area contributed by atoms with E-state index < -0.39 is 5.95 Å². The molecule has 1 saturated heterocycles. The summed E-state index contributed by atoms with van der Waals surface area (Å²) in [4.78, 5) is 26.3. The van der Waals surface area contributed by atoms with Gasteiger partial charge in [0, 0.05) is 44.9 Å². The van der Waals surface area contributed by atoms with Crippen LogP contribution in [0.15, 0.2) is 30.6 Å². The molecule has 4 heterocycles. The van der Waals surface area contributed by atoms with Gasteiger partial charge in [-0.05, 0) is 25.1 Å². The second-order valence-electron chi connectivity index (χ2n) is 6.85. The fourth-order valence-corrected chi connectivity index (χ4v) is 4.31. The van der Waals surface area contributed by atoms with Gasteiger partial charge in [0.25, 0.3) is 0 Å². The Morgan fingerprint density at radius 3 is 3.07 bits per heavy atom. The molecule has 0 saturated carbocycles. The Labute approximate surface area is 165 Å². The van der Waals surface area contributed by atoms with Crippen molar-refractivity contribution in [3.8, 4) is 5.88 Å². The molecule has 3 aromatic rings. The standard InChI is InChI=1S/C19H20FN5O2S/c1-11-8-13(27-18-14-4-3-6-21-15(14)5-7-22-18)9-25(11)10-16-17(20)24-19(28-16)23-12(2)26/h3-7,11,13H,8-10H2,1-2H3,(H,23,24,26)/t11-,13+/m0/s1. The van der Waals surface area contributed by atoms with Gasteiger partial charge in [0.1, 0.15) is 6.10 Å². The molecule has 1 aliphatic heterocycles. The number of nitrogens with zero attached hydrogens (tertiary/aromatic N) is 4. The third-order valence-corrected chi connectivity index (χ3v) is 5.65. The number of thiazole rings is 1. The number of hydrogen-bond donors (Lipinski definition) is 1. The van der Waals surface area contributed by atoms with E-state index in [0.717, 1.165) is 28.7 Å². The van der Waals surface area contributed by atoms with E-state index in [1.807, 2.05) is 18.2 Å². The number of halogens is 1. The minimum Gasteiger partial charge on any atom is -0.472 e. The summed E-state index contributed by atoms with van der Waals surface area (Å²) in [5, 5.41) is 3.70. The number of ether oxygens (including phenoxy) is 1. The molecule has 2 atom stereocenters. The average molecular weight is 401 g/mol. The predicted octanol–water partition coefficient (Wildman–Crippen LogP) is 3.23. The first-order chi connectivity index (χ1) is 13.5. The molecular formula is C19H20FN5O2S. The van der Waals surface area contributed by atoms with Crippen LogP contribution in [0.5, 0.6) is 5.88 Å². The molecule has 0 aromatic carbocycles. The highest BCUT2D eigenvalue weighted by Gasteiger charge is 2.32. The predicted molar refractivity (Wildman–Crippen MR) is 105 cm³/mol. The molecule has 28 heavy (non-hydrogen) atoms. The molecule has 0 spiro atoms. The summed E-state index contributed by atoms with van der Waals surface area (Å²) < 4.78 is 20.3. The van der Waals surface area contributed by atoms with E-state index in [2.05, 4.69) is 32.1 Å². The quantitative estimate of drug-likeness (QED) is 0.707. The number of pyridine rings is 2. The van der Waals surface area contributed by atoms with Crippen molar-refractivity contribution >= 4 is 33.3 Å². The number of rotatable bonds is 5. The summed E-state index contributed by atoms with van der Waals surface area (Å²) in [5.41, 5.74) is 0.840. The van der Waals surface area contributed by atoms with Gasteiger partial charge in [-0.25, -0.2) is 4.98 Å². The average Bonchev–Trinajstić information content (AvgIpc) is 3.17. The van der Waals surface area contributed by atoms with Crippen LogP contribution in [0.1, 0.15) is 25.1 Å². The van der Waals surface area contributed by atoms with Gasteiger partial charge in [0.15, 0.2) is 5.13 Å². The van der Waals surface area contributed by atoms with Gasteiger partial charge >= 0.3 is 0 Å². The van der Waals surface area contributed by atoms with Gasteiger partial charge < -0.3 is 10.1 Å². The number of nitrogens with one attached hydrogen (secondary N) is 1. The van der Waals surface area contributed by atoms with Crippen molar-refractivity contribution in [3.05, 3.63) is 41.4 Å². The first-order valence-electron chi connectivity index (χ1n) is 9.03. The van der Waals surface area contributed by atoms with Crippen LogP contribution in [0.25, 0.3) is 10.9 Å². The van der Waals surface area contributed by atoms with Gasteiger partial charge in [-0.3, -0.25) is 14.7 Å². The second kappa shape index (κ2) is 7.76. The Hall–Kier alpha value is -2.65. The minimum absolute atomic E-state index is 0.0425. The van der Waals surface area contributed by atoms with Crippen LogP contribution in [0.2, 0.25) is 0 Å². The maximum Gasteiger partial charge on any atom is 0.230 e. The van der Waals surface area contributed by atoms with Crippen molar-refractivity contribution in [2.24, 2.45) is 0 Å². The van der Waals surface area contributed by atoms with Crippen LogP contribution in [0, 0.1) is 5.95 Å². The molecule has 0 bridgehead atoms. The van der Waals surface area contributed by atoms with Gasteiger partial charge in [0.2, 0.25) is 17.7 Å². The lowest BCUT2D eigenvalue weighted by Gasteiger charge is -2.19. The molecule has 0 aliphatic carbocycles. The fraction of sp³-hybridized carbons (Fsp3) is 0.368. The van der Waals surface area contributed by atoms with Gasteiger partial charge in [0.05, 0.1) is 15.8 Å². The highest BCUT2D eigenvalue weighted by molar-refractivity contribution is 7.15. The van der Waals surface area contributed by atoms with E-state index in [9.17, 15) is 9.18 Å². The van der Waals surface area contributed by atoms with Crippen molar-refractivity contribution in [3.63, 3.8) is 0 Å². The van der Waals surface area contributed by atoms with Crippen LogP contribution in [0.4, 0.5) is 9.52 Å². The van der Waals surface area contributed by atoms with Crippen LogP contribution in [-0.2, 0) is 11.3 Å². The molecule has 9 heteroatoms. The summed E-state index contributed by atoms with van der Waals surface area (Å²) in [6.45, 7) is 4.55. The third kappa shape index (κ3) is 3.95. The van der Waals surface area contributed by atoms with Crippen molar-refractivity contribution in [2.75, 3.05) is 11.9 Å². The zero-order valence-corrected chi connectivity index (χ0v) is 16.4. The SMILES string of the molecule is CC(=O)Nc1nc(F)c(CN2C[C@H](Oc3nccc4ncccc34)C[C@@H]2C)s1. The van der Waals surface area contributed by atoms with E-state index in [1.54, 1.807) is 12.4 Å². The van der Waals surface area contributed by atoms with Gasteiger partial charge in [-0.15, -0.1) is 0 Å². The molecule has 146 valence electrons. The molecule has 4 rings (SSSR count). The maximum atomic E-state index is 14.1. The lowest BCUT2D eigenvalue weighted by atomic mass is 10.2. The van der Waals surface area contributed by atoms with Crippen LogP contribution >= 0.6 is 11.3 Å². The lowest BCUT2D eigenvalue weighted by molar-refractivity contribution is -0.114. The number of aromatic nitrogens is 3. The van der Waals surface area contributed by atoms with E-state index in [-0.39, 0.29) is 23.2 Å². The number of hydrogen-bond acceptors (Lipinski definition) is 7. The van der Waals surface area contributed by atoms with Crippen LogP contribution in [-0.4, -0.2) is 44.4 Å². The van der Waals surface area contributed by atoms with Gasteiger partial charge in [-0.1, -0.05) is 11.3 Å². The van der Waals surface area contributed by atoms with E-state index in [0.29, 0.717) is 23.8 Å². The first kappa shape index (κ1) is 18.7. The summed E-state index contributed by atoms with van der Waals surface area (Å²) in [6.07, 6.45) is 4.21. The smallest absolute Gasteiger partial charge is 0.230 e. The normalized spacial score (nSPS) is 19.8. The summed E-state index contributed by atoms with van der Waals surface area (Å²) in [6, 6.07) is 5.88. The van der Waals surface area contributed by atoms with E-state index >= 15 is 0 Å². The Balaban J connectivity index is 1.45. The Kier molecular flexibility index (Phi) is 5.19. The summed E-state index contributed by atoms with van der Waals surface area (Å²) in [5.74, 6) is -0.228. The number of fused-ring (bicyclic) bond motifs is 1. The molecule has 3 aromatic heterocycles. The Morgan fingerprint density at radius 2 is 2.25 bits per heavy atom. The minimum atomic E-state index is -0.535. The first-order valence-corrected chi connectivity index (χ1v) is 9.84. The molecule has 1 aliphatic rings. The lowest BCUT2D eigenvalue weighted by Crippen LogP contribution is -2.28. The number of anilines is 1. The Morgan fingerprint density at radius 1 is 1.39 bits per heavy atom. The topological polar surface area (TPSA) is 80.2 Å². The third-order valence-electron chi connectivity index (χ3n) is 4.72. The molecule has 0 unspecified atom stereocenters. The molecule has 1 amide bonds. The van der Waals surface area contributed by atoms with Crippen LogP contribution < -0.4 is 10.1 Å². The molecule has 7 nitrogen and oxygen atoms in total. The molecule has 0 radical (unpaired) electrons. The van der Waals surface area contributed by atoms with Crippen molar-refractivity contribution in [1.29, 1.82) is 0 Å². The number of likely N-dealkylation sites (tertiary alicyclic amines) is 1. The highest BCUT2D eigenvalue weighted by atomic mass is 32.1. The van der Waals surface area contributed by atoms with E-state index in [4.69, 9.17) is 4.74 Å². The monoisotopic (exact) mass is 401 g/mol. The fourth-order valence-electron chi connectivity index (χ4n) is 3.40. The molecule has 1 fully saturated rings. The van der Waals surface area contributed by atoms with Gasteiger partial charge in [-0.2, -0.15) is 9.37 Å². The Bertz CT molecular complexity index is 1010. The molecule has 1 N–H and O–H groups in total. The number of carbonyl (C=O) groups excluding carboxylic acids is 1. The maximum absolute atomic E-state index is 14.1. The number of amides is 1. The van der Waals surface area contributed by atoms with Crippen LogP contribution in [0.3, 0.4) is 0 Å².